The second-order valence-corrected chi connectivity index (χ2v) is 4.88. The summed E-state index contributed by atoms with van der Waals surface area (Å²) in [5, 5.41) is 8.97. The van der Waals surface area contributed by atoms with Crippen LogP contribution in [0.4, 0.5) is 4.79 Å². The fourth-order valence-electron chi connectivity index (χ4n) is 2.28. The third kappa shape index (κ3) is 1.89. The molecule has 1 amide bonds. The summed E-state index contributed by atoms with van der Waals surface area (Å²) < 4.78 is 0. The first-order valence-electron chi connectivity index (χ1n) is 4.83. The van der Waals surface area contributed by atoms with Crippen LogP contribution in [0, 0.1) is 11.3 Å². The molecule has 0 aromatic rings. The van der Waals surface area contributed by atoms with Gasteiger partial charge in [0, 0.05) is 18.5 Å². The van der Waals surface area contributed by atoms with Gasteiger partial charge in [0.05, 0.1) is 0 Å². The first-order chi connectivity index (χ1) is 6.38. The fourth-order valence-corrected chi connectivity index (χ4v) is 2.28. The lowest BCUT2D eigenvalue weighted by Gasteiger charge is -2.35. The van der Waals surface area contributed by atoms with Gasteiger partial charge in [0.2, 0.25) is 0 Å². The molecule has 0 aliphatic carbocycles. The van der Waals surface area contributed by atoms with Crippen LogP contribution in [0.15, 0.2) is 0 Å². The molecule has 1 fully saturated rings. The highest BCUT2D eigenvalue weighted by molar-refractivity contribution is 5.68. The Hall–Kier alpha value is -1.06. The van der Waals surface area contributed by atoms with Crippen molar-refractivity contribution in [1.29, 1.82) is 0 Å². The van der Waals surface area contributed by atoms with Gasteiger partial charge in [-0.25, -0.2) is 4.79 Å². The molecule has 0 aromatic heterocycles. The third-order valence-corrected chi connectivity index (χ3v) is 2.75. The van der Waals surface area contributed by atoms with E-state index < -0.39 is 6.09 Å². The van der Waals surface area contributed by atoms with E-state index in [9.17, 15) is 9.59 Å². The van der Waals surface area contributed by atoms with E-state index in [1.807, 2.05) is 20.8 Å². The van der Waals surface area contributed by atoms with E-state index in [-0.39, 0.29) is 17.4 Å². The number of amides is 1. The van der Waals surface area contributed by atoms with Crippen molar-refractivity contribution >= 4 is 12.4 Å². The average molecular weight is 199 g/mol. The molecule has 0 bridgehead atoms. The largest absolute Gasteiger partial charge is 0.465 e. The van der Waals surface area contributed by atoms with Crippen molar-refractivity contribution < 1.29 is 14.7 Å². The first-order valence-corrected chi connectivity index (χ1v) is 4.83. The normalized spacial score (nSPS) is 27.8. The van der Waals surface area contributed by atoms with Gasteiger partial charge in [-0.2, -0.15) is 0 Å². The van der Waals surface area contributed by atoms with Gasteiger partial charge >= 0.3 is 6.09 Å². The van der Waals surface area contributed by atoms with Gasteiger partial charge in [-0.3, -0.25) is 0 Å². The van der Waals surface area contributed by atoms with Crippen molar-refractivity contribution in [3.63, 3.8) is 0 Å². The summed E-state index contributed by atoms with van der Waals surface area (Å²) in [7, 11) is 0. The van der Waals surface area contributed by atoms with Crippen molar-refractivity contribution in [3.8, 4) is 0 Å². The fraction of sp³-hybridized carbons (Fsp3) is 0.800. The molecule has 1 N–H and O–H groups in total. The molecule has 4 nitrogen and oxygen atoms in total. The van der Waals surface area contributed by atoms with Gasteiger partial charge in [-0.1, -0.05) is 20.8 Å². The number of hydrogen-bond acceptors (Lipinski definition) is 2. The molecule has 2 atom stereocenters. The molecule has 4 heteroatoms. The quantitative estimate of drug-likeness (QED) is 0.652. The van der Waals surface area contributed by atoms with E-state index in [1.54, 1.807) is 0 Å². The highest BCUT2D eigenvalue weighted by atomic mass is 16.4. The zero-order valence-corrected chi connectivity index (χ0v) is 8.86. The molecule has 1 aliphatic heterocycles. The summed E-state index contributed by atoms with van der Waals surface area (Å²) >= 11 is 0. The maximum atomic E-state index is 10.9. The van der Waals surface area contributed by atoms with Crippen LogP contribution in [0.3, 0.4) is 0 Å². The van der Waals surface area contributed by atoms with Gasteiger partial charge in [0.1, 0.15) is 6.29 Å². The summed E-state index contributed by atoms with van der Waals surface area (Å²) in [4.78, 5) is 23.1. The Morgan fingerprint density at radius 3 is 2.43 bits per heavy atom. The number of hydrogen-bond donors (Lipinski definition) is 1. The van der Waals surface area contributed by atoms with Crippen LogP contribution in [0.5, 0.6) is 0 Å². The summed E-state index contributed by atoms with van der Waals surface area (Å²) in [5.74, 6) is -0.147. The second kappa shape index (κ2) is 3.59. The molecule has 0 spiro atoms. The van der Waals surface area contributed by atoms with Crippen molar-refractivity contribution in [2.45, 2.75) is 33.2 Å². The molecule has 1 heterocycles. The van der Waals surface area contributed by atoms with Crippen LogP contribution in [0.25, 0.3) is 0 Å². The van der Waals surface area contributed by atoms with Crippen molar-refractivity contribution in [2.24, 2.45) is 11.3 Å². The second-order valence-electron chi connectivity index (χ2n) is 4.88. The smallest absolute Gasteiger partial charge is 0.407 e. The molecule has 0 saturated carbocycles. The maximum absolute atomic E-state index is 10.9. The zero-order valence-electron chi connectivity index (χ0n) is 8.86. The summed E-state index contributed by atoms with van der Waals surface area (Å²) in [5.41, 5.74) is -0.180. The molecule has 1 rings (SSSR count). The highest BCUT2D eigenvalue weighted by Gasteiger charge is 2.43. The lowest BCUT2D eigenvalue weighted by molar-refractivity contribution is -0.112. The average Bonchev–Trinajstić information content (AvgIpc) is 2.45. The summed E-state index contributed by atoms with van der Waals surface area (Å²) in [6.45, 7) is 6.38. The van der Waals surface area contributed by atoms with E-state index in [4.69, 9.17) is 5.11 Å². The van der Waals surface area contributed by atoms with Crippen LogP contribution < -0.4 is 0 Å². The summed E-state index contributed by atoms with van der Waals surface area (Å²) in [6.07, 6.45) is 0.616. The van der Waals surface area contributed by atoms with E-state index in [2.05, 4.69) is 0 Å². The van der Waals surface area contributed by atoms with E-state index >= 15 is 0 Å². The van der Waals surface area contributed by atoms with Crippen LogP contribution >= 0.6 is 0 Å². The predicted octanol–water partition coefficient (Wildman–Crippen LogP) is 1.60. The highest BCUT2D eigenvalue weighted by Crippen LogP contribution is 2.35. The minimum Gasteiger partial charge on any atom is -0.465 e. The van der Waals surface area contributed by atoms with Crippen molar-refractivity contribution in [2.75, 3.05) is 6.54 Å². The molecule has 0 radical (unpaired) electrons. The molecular weight excluding hydrogens is 182 g/mol. The zero-order chi connectivity index (χ0) is 10.9. The Labute approximate surface area is 83.9 Å². The van der Waals surface area contributed by atoms with Crippen molar-refractivity contribution in [3.05, 3.63) is 0 Å². The standard InChI is InChI=1S/C10H17NO3/c1-10(2,3)8-7(6-12)4-5-11(8)9(13)14/h6-8H,4-5H2,1-3H3,(H,13,14). The van der Waals surface area contributed by atoms with E-state index in [0.29, 0.717) is 13.0 Å². The number of rotatable bonds is 1. The molecule has 0 aromatic carbocycles. The van der Waals surface area contributed by atoms with Gasteiger partial charge in [-0.05, 0) is 11.8 Å². The van der Waals surface area contributed by atoms with Crippen LogP contribution in [-0.2, 0) is 4.79 Å². The minimum atomic E-state index is -0.922. The summed E-state index contributed by atoms with van der Waals surface area (Å²) in [6, 6.07) is -0.183. The van der Waals surface area contributed by atoms with Crippen LogP contribution in [-0.4, -0.2) is 35.0 Å². The Kier molecular flexibility index (Phi) is 2.83. The molecule has 1 aliphatic rings. The molecule has 80 valence electrons. The lowest BCUT2D eigenvalue weighted by Crippen LogP contribution is -2.45. The topological polar surface area (TPSA) is 57.6 Å². The maximum Gasteiger partial charge on any atom is 0.407 e. The lowest BCUT2D eigenvalue weighted by atomic mass is 9.80. The molecular formula is C10H17NO3. The third-order valence-electron chi connectivity index (χ3n) is 2.75. The number of nitrogens with zero attached hydrogens (tertiary/aromatic N) is 1. The van der Waals surface area contributed by atoms with Crippen molar-refractivity contribution in [1.82, 2.24) is 4.90 Å². The molecule has 2 unspecified atom stereocenters. The number of likely N-dealkylation sites (tertiary alicyclic amines) is 1. The number of carbonyl (C=O) groups excluding carboxylic acids is 1. The molecule has 1 saturated heterocycles. The van der Waals surface area contributed by atoms with Crippen LogP contribution in [0.2, 0.25) is 0 Å². The van der Waals surface area contributed by atoms with E-state index in [1.165, 1.54) is 4.90 Å². The number of aldehydes is 1. The van der Waals surface area contributed by atoms with Gasteiger partial charge in [0.25, 0.3) is 0 Å². The SMILES string of the molecule is CC(C)(C)C1C(C=O)CCN1C(=O)O. The Morgan fingerprint density at radius 2 is 2.07 bits per heavy atom. The van der Waals surface area contributed by atoms with Gasteiger partial charge in [0.15, 0.2) is 0 Å². The number of carbonyl (C=O) groups is 2. The first kappa shape index (κ1) is 11.0. The minimum absolute atomic E-state index is 0.147. The Balaban J connectivity index is 2.91. The number of carboxylic acid groups (broad SMARTS) is 1. The van der Waals surface area contributed by atoms with Gasteiger partial charge in [-0.15, -0.1) is 0 Å². The Bertz CT molecular complexity index is 244. The predicted molar refractivity (Wildman–Crippen MR) is 52.1 cm³/mol. The Morgan fingerprint density at radius 1 is 1.50 bits per heavy atom. The van der Waals surface area contributed by atoms with Crippen LogP contribution in [0.1, 0.15) is 27.2 Å². The molecule has 14 heavy (non-hydrogen) atoms. The van der Waals surface area contributed by atoms with E-state index in [0.717, 1.165) is 6.29 Å². The monoisotopic (exact) mass is 199 g/mol. The van der Waals surface area contributed by atoms with Gasteiger partial charge < -0.3 is 14.8 Å².